The highest BCUT2D eigenvalue weighted by Crippen LogP contribution is 2.37. The summed E-state index contributed by atoms with van der Waals surface area (Å²) < 4.78 is 9.91. The van der Waals surface area contributed by atoms with Crippen molar-refractivity contribution in [2.75, 3.05) is 14.2 Å². The van der Waals surface area contributed by atoms with Crippen LogP contribution in [-0.4, -0.2) is 26.5 Å². The Bertz CT molecular complexity index is 465. The summed E-state index contributed by atoms with van der Waals surface area (Å²) in [6.45, 7) is 0. The summed E-state index contributed by atoms with van der Waals surface area (Å²) in [4.78, 5) is 22.5. The Balaban J connectivity index is 2.46. The predicted octanol–water partition coefficient (Wildman–Crippen LogP) is 1.71. The number of hydrogen-bond acceptors (Lipinski definition) is 4. The molecule has 0 bridgehead atoms. The molecule has 0 amide bonds. The molecule has 1 unspecified atom stereocenters. The summed E-state index contributed by atoms with van der Waals surface area (Å²) in [6, 6.07) is 3.57. The van der Waals surface area contributed by atoms with Crippen molar-refractivity contribution in [1.29, 1.82) is 0 Å². The van der Waals surface area contributed by atoms with Gasteiger partial charge >= 0.3 is 5.97 Å². The highest BCUT2D eigenvalue weighted by molar-refractivity contribution is 5.84. The predicted molar refractivity (Wildman–Crippen MR) is 61.5 cm³/mol. The van der Waals surface area contributed by atoms with Gasteiger partial charge in [0.2, 0.25) is 0 Å². The molecular weight excluding hydrogens is 220 g/mol. The van der Waals surface area contributed by atoms with Crippen molar-refractivity contribution in [3.63, 3.8) is 0 Å². The van der Waals surface area contributed by atoms with E-state index < -0.39 is 0 Å². The Labute approximate surface area is 99.5 Å². The second-order valence-electron chi connectivity index (χ2n) is 4.03. The number of carbonyl (C=O) groups is 2. The normalized spacial score (nSPS) is 17.4. The van der Waals surface area contributed by atoms with E-state index in [-0.39, 0.29) is 11.9 Å². The highest BCUT2D eigenvalue weighted by Gasteiger charge is 2.30. The average Bonchev–Trinajstić information content (AvgIpc) is 2.78. The molecule has 0 N–H and O–H groups in total. The molecule has 1 aromatic carbocycles. The maximum absolute atomic E-state index is 11.6. The van der Waals surface area contributed by atoms with Gasteiger partial charge in [-0.2, -0.15) is 0 Å². The average molecular weight is 234 g/mol. The quantitative estimate of drug-likeness (QED) is 0.590. The third kappa shape index (κ3) is 1.90. The summed E-state index contributed by atoms with van der Waals surface area (Å²) in [5.41, 5.74) is 2.47. The first-order chi connectivity index (χ1) is 8.21. The molecular formula is C13H14O4. The molecule has 0 spiro atoms. The molecule has 1 aromatic rings. The first-order valence-electron chi connectivity index (χ1n) is 5.45. The molecule has 2 rings (SSSR count). The molecule has 1 aliphatic carbocycles. The first-order valence-corrected chi connectivity index (χ1v) is 5.45. The van der Waals surface area contributed by atoms with Gasteiger partial charge in [0.05, 0.1) is 25.7 Å². The summed E-state index contributed by atoms with van der Waals surface area (Å²) >= 11 is 0. The van der Waals surface area contributed by atoms with Crippen LogP contribution in [-0.2, 0) is 16.0 Å². The zero-order valence-electron chi connectivity index (χ0n) is 9.86. The lowest BCUT2D eigenvalue weighted by molar-refractivity contribution is -0.142. The minimum absolute atomic E-state index is 0.232. The lowest BCUT2D eigenvalue weighted by Gasteiger charge is -2.11. The maximum Gasteiger partial charge on any atom is 0.313 e. The van der Waals surface area contributed by atoms with Crippen molar-refractivity contribution in [2.24, 2.45) is 0 Å². The van der Waals surface area contributed by atoms with Gasteiger partial charge in [0.1, 0.15) is 5.75 Å². The van der Waals surface area contributed by atoms with E-state index in [1.165, 1.54) is 14.2 Å². The molecule has 0 fully saturated rings. The molecule has 0 aliphatic heterocycles. The van der Waals surface area contributed by atoms with Gasteiger partial charge in [-0.3, -0.25) is 9.59 Å². The number of aldehydes is 1. The van der Waals surface area contributed by atoms with E-state index in [9.17, 15) is 9.59 Å². The highest BCUT2D eigenvalue weighted by atomic mass is 16.5. The van der Waals surface area contributed by atoms with Gasteiger partial charge in [0.15, 0.2) is 6.29 Å². The van der Waals surface area contributed by atoms with E-state index in [1.54, 1.807) is 12.1 Å². The summed E-state index contributed by atoms with van der Waals surface area (Å²) in [5, 5.41) is 0. The standard InChI is InChI=1S/C13H14O4/c1-16-12-6-11-8(5-9(12)7-14)3-4-10(11)13(15)17-2/h5-7,10H,3-4H2,1-2H3. The second kappa shape index (κ2) is 4.57. The van der Waals surface area contributed by atoms with E-state index in [0.717, 1.165) is 30.3 Å². The van der Waals surface area contributed by atoms with Crippen LogP contribution in [0, 0.1) is 0 Å². The van der Waals surface area contributed by atoms with Crippen molar-refractivity contribution in [2.45, 2.75) is 18.8 Å². The molecule has 4 nitrogen and oxygen atoms in total. The molecule has 0 heterocycles. The van der Waals surface area contributed by atoms with Crippen LogP contribution in [0.3, 0.4) is 0 Å². The van der Waals surface area contributed by atoms with Crippen molar-refractivity contribution in [1.82, 2.24) is 0 Å². The van der Waals surface area contributed by atoms with Gasteiger partial charge in [-0.25, -0.2) is 0 Å². The van der Waals surface area contributed by atoms with Gasteiger partial charge in [-0.15, -0.1) is 0 Å². The number of methoxy groups -OCH3 is 2. The Morgan fingerprint density at radius 2 is 2.18 bits per heavy atom. The fourth-order valence-corrected chi connectivity index (χ4v) is 2.31. The largest absolute Gasteiger partial charge is 0.496 e. The van der Waals surface area contributed by atoms with Gasteiger partial charge in [-0.1, -0.05) is 0 Å². The Hall–Kier alpha value is -1.84. The third-order valence-corrected chi connectivity index (χ3v) is 3.18. The van der Waals surface area contributed by atoms with E-state index in [0.29, 0.717) is 11.3 Å². The zero-order valence-corrected chi connectivity index (χ0v) is 9.86. The SMILES string of the molecule is COC(=O)C1CCc2cc(C=O)c(OC)cc21. The summed E-state index contributed by atoms with van der Waals surface area (Å²) in [5.74, 6) is 0.0452. The molecule has 0 saturated carbocycles. The topological polar surface area (TPSA) is 52.6 Å². The van der Waals surface area contributed by atoms with Crippen LogP contribution >= 0.6 is 0 Å². The zero-order chi connectivity index (χ0) is 12.4. The van der Waals surface area contributed by atoms with Crippen LogP contribution in [0.5, 0.6) is 5.75 Å². The third-order valence-electron chi connectivity index (χ3n) is 3.18. The number of esters is 1. The van der Waals surface area contributed by atoms with Crippen LogP contribution in [0.4, 0.5) is 0 Å². The fraction of sp³-hybridized carbons (Fsp3) is 0.385. The monoisotopic (exact) mass is 234 g/mol. The van der Waals surface area contributed by atoms with E-state index in [2.05, 4.69) is 0 Å². The number of aryl methyl sites for hydroxylation is 1. The first kappa shape index (κ1) is 11.6. The van der Waals surface area contributed by atoms with Crippen molar-refractivity contribution >= 4 is 12.3 Å². The lowest BCUT2D eigenvalue weighted by atomic mass is 9.99. The van der Waals surface area contributed by atoms with E-state index in [4.69, 9.17) is 9.47 Å². The number of carbonyl (C=O) groups excluding carboxylic acids is 2. The van der Waals surface area contributed by atoms with Gasteiger partial charge in [0.25, 0.3) is 0 Å². The Kier molecular flexibility index (Phi) is 3.13. The molecule has 17 heavy (non-hydrogen) atoms. The Morgan fingerprint density at radius 1 is 1.41 bits per heavy atom. The van der Waals surface area contributed by atoms with Crippen LogP contribution in [0.1, 0.15) is 33.8 Å². The number of rotatable bonds is 3. The Morgan fingerprint density at radius 3 is 2.76 bits per heavy atom. The van der Waals surface area contributed by atoms with Crippen molar-refractivity contribution in [3.05, 3.63) is 28.8 Å². The molecule has 0 aromatic heterocycles. The van der Waals surface area contributed by atoms with Gasteiger partial charge in [-0.05, 0) is 36.1 Å². The van der Waals surface area contributed by atoms with Crippen LogP contribution in [0.25, 0.3) is 0 Å². The van der Waals surface area contributed by atoms with Crippen molar-refractivity contribution in [3.8, 4) is 5.75 Å². The molecule has 0 radical (unpaired) electrons. The van der Waals surface area contributed by atoms with Crippen LogP contribution in [0.15, 0.2) is 12.1 Å². The molecule has 4 heteroatoms. The van der Waals surface area contributed by atoms with Crippen LogP contribution in [0.2, 0.25) is 0 Å². The van der Waals surface area contributed by atoms with Gasteiger partial charge in [0, 0.05) is 0 Å². The molecule has 1 atom stereocenters. The molecule has 0 saturated heterocycles. The number of ether oxygens (including phenoxy) is 2. The second-order valence-corrected chi connectivity index (χ2v) is 4.03. The summed E-state index contributed by atoms with van der Waals surface area (Å²) in [7, 11) is 2.90. The van der Waals surface area contributed by atoms with Crippen molar-refractivity contribution < 1.29 is 19.1 Å². The number of hydrogen-bond donors (Lipinski definition) is 0. The number of fused-ring (bicyclic) bond motifs is 1. The van der Waals surface area contributed by atoms with Crippen LogP contribution < -0.4 is 4.74 Å². The lowest BCUT2D eigenvalue weighted by Crippen LogP contribution is -2.11. The van der Waals surface area contributed by atoms with Gasteiger partial charge < -0.3 is 9.47 Å². The maximum atomic E-state index is 11.6. The summed E-state index contributed by atoms with van der Waals surface area (Å²) in [6.07, 6.45) is 2.29. The minimum atomic E-state index is -0.232. The number of benzene rings is 1. The fourth-order valence-electron chi connectivity index (χ4n) is 2.31. The minimum Gasteiger partial charge on any atom is -0.496 e. The van der Waals surface area contributed by atoms with E-state index in [1.807, 2.05) is 0 Å². The molecule has 90 valence electrons. The van der Waals surface area contributed by atoms with E-state index >= 15 is 0 Å². The molecule has 1 aliphatic rings. The smallest absolute Gasteiger partial charge is 0.313 e.